The fourth-order valence-electron chi connectivity index (χ4n) is 4.46. The summed E-state index contributed by atoms with van der Waals surface area (Å²) in [6.07, 6.45) is 0.865. The number of anilines is 1. The highest BCUT2D eigenvalue weighted by Gasteiger charge is 2.24. The lowest BCUT2D eigenvalue weighted by molar-refractivity contribution is -0.133. The van der Waals surface area contributed by atoms with E-state index in [0.717, 1.165) is 41.1 Å². The van der Waals surface area contributed by atoms with Crippen LogP contribution in [-0.4, -0.2) is 72.6 Å². The van der Waals surface area contributed by atoms with Gasteiger partial charge in [-0.05, 0) is 65.7 Å². The van der Waals surface area contributed by atoms with Crippen molar-refractivity contribution >= 4 is 29.0 Å². The van der Waals surface area contributed by atoms with Gasteiger partial charge in [0.2, 0.25) is 5.91 Å². The number of urea groups is 1. The average Bonchev–Trinajstić information content (AvgIpc) is 3.36. The number of nitrogens with zero attached hydrogens (tertiary/aromatic N) is 3. The van der Waals surface area contributed by atoms with Crippen molar-refractivity contribution in [2.45, 2.75) is 33.4 Å². The van der Waals surface area contributed by atoms with Gasteiger partial charge >= 0.3 is 6.03 Å². The third-order valence-electron chi connectivity index (χ3n) is 6.93. The number of carbonyl (C=O) groups excluding carboxylic acids is 2. The molecule has 0 spiro atoms. The third kappa shape index (κ3) is 8.61. The van der Waals surface area contributed by atoms with Gasteiger partial charge in [-0.2, -0.15) is 0 Å². The summed E-state index contributed by atoms with van der Waals surface area (Å²) in [5, 5.41) is 5.00. The molecule has 1 N–H and O–H groups in total. The van der Waals surface area contributed by atoms with Crippen molar-refractivity contribution in [3.05, 3.63) is 87.4 Å². The van der Waals surface area contributed by atoms with Crippen LogP contribution in [0.25, 0.3) is 0 Å². The number of hydrogen-bond donors (Lipinski definition) is 1. The van der Waals surface area contributed by atoms with Gasteiger partial charge in [-0.25, -0.2) is 9.18 Å². The van der Waals surface area contributed by atoms with E-state index in [0.29, 0.717) is 45.1 Å². The largest absolute Gasteiger partial charge is 0.379 e. The molecule has 1 aromatic heterocycles. The van der Waals surface area contributed by atoms with E-state index in [1.807, 2.05) is 42.6 Å². The Labute approximate surface area is 234 Å². The molecule has 0 bridgehead atoms. The van der Waals surface area contributed by atoms with Gasteiger partial charge in [0, 0.05) is 43.3 Å². The zero-order valence-corrected chi connectivity index (χ0v) is 23.5. The Morgan fingerprint density at radius 3 is 2.49 bits per heavy atom. The number of carbonyl (C=O) groups is 2. The van der Waals surface area contributed by atoms with E-state index in [4.69, 9.17) is 4.74 Å². The van der Waals surface area contributed by atoms with Crippen LogP contribution in [0.1, 0.15) is 28.5 Å². The summed E-state index contributed by atoms with van der Waals surface area (Å²) in [6.45, 7) is 8.79. The summed E-state index contributed by atoms with van der Waals surface area (Å²) < 4.78 is 19.0. The van der Waals surface area contributed by atoms with Crippen LogP contribution in [-0.2, 0) is 29.0 Å². The predicted molar refractivity (Wildman–Crippen MR) is 153 cm³/mol. The van der Waals surface area contributed by atoms with Crippen LogP contribution in [0.2, 0.25) is 0 Å². The molecular formula is C30H37FN4O3S. The van der Waals surface area contributed by atoms with Crippen LogP contribution < -0.4 is 5.32 Å². The molecule has 1 saturated heterocycles. The van der Waals surface area contributed by atoms with Crippen molar-refractivity contribution in [3.63, 3.8) is 0 Å². The van der Waals surface area contributed by atoms with Crippen LogP contribution in [0.3, 0.4) is 0 Å². The topological polar surface area (TPSA) is 65.1 Å². The molecule has 4 rings (SSSR count). The minimum atomic E-state index is -0.316. The quantitative estimate of drug-likeness (QED) is 0.357. The van der Waals surface area contributed by atoms with Crippen LogP contribution in [0.5, 0.6) is 0 Å². The van der Waals surface area contributed by atoms with Crippen molar-refractivity contribution < 1.29 is 18.7 Å². The van der Waals surface area contributed by atoms with Gasteiger partial charge in [0.15, 0.2) is 0 Å². The number of ether oxygens (including phenoxy) is 1. The molecule has 0 aliphatic carbocycles. The van der Waals surface area contributed by atoms with E-state index in [2.05, 4.69) is 17.1 Å². The molecule has 39 heavy (non-hydrogen) atoms. The van der Waals surface area contributed by atoms with Gasteiger partial charge < -0.3 is 19.9 Å². The summed E-state index contributed by atoms with van der Waals surface area (Å²) in [6, 6.07) is 15.7. The molecule has 1 fully saturated rings. The zero-order valence-electron chi connectivity index (χ0n) is 22.7. The molecule has 3 aromatic rings. The van der Waals surface area contributed by atoms with E-state index >= 15 is 0 Å². The SMILES string of the molecule is CCc1cccc(NC(=O)N(CCN2CCOCC2)CC(=O)N(Cc2ccc(F)cc2)Cc2sccc2C)c1. The maximum absolute atomic E-state index is 13.8. The first-order valence-corrected chi connectivity index (χ1v) is 14.3. The van der Waals surface area contributed by atoms with Crippen LogP contribution in [0, 0.1) is 12.7 Å². The second-order valence-electron chi connectivity index (χ2n) is 9.76. The number of halogens is 1. The number of amides is 3. The molecule has 2 aromatic carbocycles. The summed E-state index contributed by atoms with van der Waals surface area (Å²) >= 11 is 1.60. The van der Waals surface area contributed by atoms with Crippen molar-refractivity contribution in [2.75, 3.05) is 51.3 Å². The first-order valence-electron chi connectivity index (χ1n) is 13.4. The highest BCUT2D eigenvalue weighted by molar-refractivity contribution is 7.10. The van der Waals surface area contributed by atoms with Gasteiger partial charge in [0.25, 0.3) is 0 Å². The lowest BCUT2D eigenvalue weighted by Crippen LogP contribution is -2.48. The molecular weight excluding hydrogens is 515 g/mol. The molecule has 0 radical (unpaired) electrons. The normalized spacial score (nSPS) is 13.7. The smallest absolute Gasteiger partial charge is 0.322 e. The Hall–Kier alpha value is -3.27. The highest BCUT2D eigenvalue weighted by Crippen LogP contribution is 2.20. The summed E-state index contributed by atoms with van der Waals surface area (Å²) in [4.78, 5) is 33.9. The zero-order chi connectivity index (χ0) is 27.6. The second-order valence-corrected chi connectivity index (χ2v) is 10.8. The Kier molecular flexibility index (Phi) is 10.5. The average molecular weight is 553 g/mol. The molecule has 0 unspecified atom stereocenters. The van der Waals surface area contributed by atoms with Crippen LogP contribution in [0.15, 0.2) is 60.0 Å². The fourth-order valence-corrected chi connectivity index (χ4v) is 5.38. The molecule has 2 heterocycles. The molecule has 7 nitrogen and oxygen atoms in total. The van der Waals surface area contributed by atoms with Crippen molar-refractivity contribution in [2.24, 2.45) is 0 Å². The minimum Gasteiger partial charge on any atom is -0.379 e. The molecule has 208 valence electrons. The highest BCUT2D eigenvalue weighted by atomic mass is 32.1. The van der Waals surface area contributed by atoms with Crippen molar-refractivity contribution in [1.29, 1.82) is 0 Å². The molecule has 3 amide bonds. The van der Waals surface area contributed by atoms with Gasteiger partial charge in [-0.1, -0.05) is 31.2 Å². The Balaban J connectivity index is 1.51. The summed E-state index contributed by atoms with van der Waals surface area (Å²) in [5.74, 6) is -0.476. The number of hydrogen-bond acceptors (Lipinski definition) is 5. The molecule has 1 aliphatic rings. The lowest BCUT2D eigenvalue weighted by Gasteiger charge is -2.31. The Bertz CT molecular complexity index is 1230. The first-order chi connectivity index (χ1) is 18.9. The van der Waals surface area contributed by atoms with Crippen LogP contribution in [0.4, 0.5) is 14.9 Å². The van der Waals surface area contributed by atoms with E-state index in [-0.39, 0.29) is 24.3 Å². The number of aryl methyl sites for hydroxylation is 2. The van der Waals surface area contributed by atoms with Gasteiger partial charge in [-0.3, -0.25) is 9.69 Å². The van der Waals surface area contributed by atoms with E-state index in [9.17, 15) is 14.0 Å². The number of thiophene rings is 1. The maximum atomic E-state index is 13.8. The monoisotopic (exact) mass is 552 g/mol. The summed E-state index contributed by atoms with van der Waals surface area (Å²) in [5.41, 5.74) is 3.79. The van der Waals surface area contributed by atoms with E-state index in [1.54, 1.807) is 33.3 Å². The number of morpholine rings is 1. The number of rotatable bonds is 11. The lowest BCUT2D eigenvalue weighted by atomic mass is 10.1. The van der Waals surface area contributed by atoms with Crippen molar-refractivity contribution in [3.8, 4) is 0 Å². The van der Waals surface area contributed by atoms with E-state index in [1.165, 1.54) is 12.1 Å². The fraction of sp³-hybridized carbons (Fsp3) is 0.400. The van der Waals surface area contributed by atoms with Gasteiger partial charge in [0.05, 0.1) is 19.8 Å². The Morgan fingerprint density at radius 2 is 1.79 bits per heavy atom. The molecule has 0 saturated carbocycles. The van der Waals surface area contributed by atoms with Crippen molar-refractivity contribution in [1.82, 2.24) is 14.7 Å². The predicted octanol–water partition coefficient (Wildman–Crippen LogP) is 5.15. The molecule has 9 heteroatoms. The van der Waals surface area contributed by atoms with E-state index < -0.39 is 0 Å². The Morgan fingerprint density at radius 1 is 1.03 bits per heavy atom. The molecule has 1 aliphatic heterocycles. The minimum absolute atomic E-state index is 0.0603. The van der Waals surface area contributed by atoms with Gasteiger partial charge in [-0.15, -0.1) is 11.3 Å². The number of nitrogens with one attached hydrogen (secondary N) is 1. The summed E-state index contributed by atoms with van der Waals surface area (Å²) in [7, 11) is 0. The maximum Gasteiger partial charge on any atom is 0.322 e. The first kappa shape index (κ1) is 28.7. The van der Waals surface area contributed by atoms with Gasteiger partial charge in [0.1, 0.15) is 12.4 Å². The molecule has 0 atom stereocenters. The second kappa shape index (κ2) is 14.2. The van der Waals surface area contributed by atoms with Crippen LogP contribution >= 0.6 is 11.3 Å². The third-order valence-corrected chi connectivity index (χ3v) is 7.94. The number of benzene rings is 2. The standard InChI is InChI=1S/C30H37FN4O3S/c1-3-24-5-4-6-27(19-24)32-30(37)34(13-12-33-14-16-38-17-15-33)22-29(36)35(21-28-23(2)11-18-39-28)20-25-7-9-26(31)10-8-25/h4-11,18-19H,3,12-17,20-22H2,1-2H3,(H,32,37).